The quantitative estimate of drug-likeness (QED) is 0.664. The first-order chi connectivity index (χ1) is 8.15. The third-order valence-electron chi connectivity index (χ3n) is 2.10. The molecule has 0 aliphatic heterocycles. The van der Waals surface area contributed by atoms with Crippen LogP contribution >= 0.6 is 0 Å². The molecule has 8 heteroatoms. The fraction of sp³-hybridized carbons (Fsp3) is 0.333. The molecule has 0 bridgehead atoms. The predicted octanol–water partition coefficient (Wildman–Crippen LogP) is -0.434. The standard InChI is InChI=1S/C9H13N7O/c1-16(2)8-3-6(11-5-12-8)10-4-7-13-9(17)15-14-7/h3,5H,4H2,1-2H3,(H,10,11,12)(H2,13,14,15,17). The van der Waals surface area contributed by atoms with E-state index in [1.165, 1.54) is 6.33 Å². The van der Waals surface area contributed by atoms with Gasteiger partial charge in [-0.1, -0.05) is 0 Å². The number of nitrogens with zero attached hydrogens (tertiary/aromatic N) is 4. The fourth-order valence-corrected chi connectivity index (χ4v) is 1.25. The molecule has 90 valence electrons. The number of aromatic amines is 2. The van der Waals surface area contributed by atoms with Gasteiger partial charge in [-0.15, -0.1) is 0 Å². The zero-order chi connectivity index (χ0) is 12.3. The lowest BCUT2D eigenvalue weighted by Gasteiger charge is -2.11. The SMILES string of the molecule is CN(C)c1cc(NCc2n[nH]c(=O)[nH]2)ncn1. The Morgan fingerprint density at radius 2 is 2.24 bits per heavy atom. The Morgan fingerprint density at radius 1 is 1.41 bits per heavy atom. The first kappa shape index (κ1) is 11.1. The Balaban J connectivity index is 2.04. The zero-order valence-electron chi connectivity index (χ0n) is 9.56. The first-order valence-electron chi connectivity index (χ1n) is 5.02. The normalized spacial score (nSPS) is 10.2. The molecule has 0 saturated heterocycles. The van der Waals surface area contributed by atoms with E-state index in [0.29, 0.717) is 18.2 Å². The van der Waals surface area contributed by atoms with E-state index in [2.05, 4.69) is 30.5 Å². The third-order valence-corrected chi connectivity index (χ3v) is 2.10. The summed E-state index contributed by atoms with van der Waals surface area (Å²) in [6.45, 7) is 0.391. The number of nitrogens with one attached hydrogen (secondary N) is 3. The summed E-state index contributed by atoms with van der Waals surface area (Å²) in [6.07, 6.45) is 1.48. The van der Waals surface area contributed by atoms with E-state index < -0.39 is 0 Å². The zero-order valence-corrected chi connectivity index (χ0v) is 9.56. The Hall–Kier alpha value is -2.38. The molecule has 0 fully saturated rings. The molecule has 17 heavy (non-hydrogen) atoms. The molecule has 0 spiro atoms. The maximum atomic E-state index is 10.8. The number of hydrogen-bond donors (Lipinski definition) is 3. The summed E-state index contributed by atoms with van der Waals surface area (Å²) >= 11 is 0. The van der Waals surface area contributed by atoms with Crippen molar-refractivity contribution in [3.63, 3.8) is 0 Å². The van der Waals surface area contributed by atoms with E-state index in [0.717, 1.165) is 5.82 Å². The van der Waals surface area contributed by atoms with Gasteiger partial charge in [0.25, 0.3) is 0 Å². The van der Waals surface area contributed by atoms with Crippen LogP contribution in [-0.4, -0.2) is 39.2 Å². The summed E-state index contributed by atoms with van der Waals surface area (Å²) in [5.74, 6) is 2.01. The number of hydrogen-bond acceptors (Lipinski definition) is 6. The van der Waals surface area contributed by atoms with Crippen molar-refractivity contribution in [2.45, 2.75) is 6.54 Å². The second-order valence-corrected chi connectivity index (χ2v) is 3.63. The molecule has 2 rings (SSSR count). The summed E-state index contributed by atoms with van der Waals surface area (Å²) in [5, 5.41) is 9.11. The lowest BCUT2D eigenvalue weighted by molar-refractivity contribution is 0.941. The number of anilines is 2. The molecule has 0 amide bonds. The number of rotatable bonds is 4. The van der Waals surface area contributed by atoms with Crippen LogP contribution < -0.4 is 15.9 Å². The summed E-state index contributed by atoms with van der Waals surface area (Å²) in [5.41, 5.74) is -0.321. The molecular weight excluding hydrogens is 222 g/mol. The molecule has 2 aromatic heterocycles. The minimum absolute atomic E-state index is 0.321. The lowest BCUT2D eigenvalue weighted by atomic mass is 10.5. The highest BCUT2D eigenvalue weighted by Crippen LogP contribution is 2.11. The van der Waals surface area contributed by atoms with Crippen LogP contribution in [0.4, 0.5) is 11.6 Å². The summed E-state index contributed by atoms with van der Waals surface area (Å²) in [4.78, 5) is 23.4. The van der Waals surface area contributed by atoms with Crippen molar-refractivity contribution in [2.24, 2.45) is 0 Å². The summed E-state index contributed by atoms with van der Waals surface area (Å²) in [6, 6.07) is 1.81. The molecule has 8 nitrogen and oxygen atoms in total. The van der Waals surface area contributed by atoms with Crippen LogP contribution in [0.15, 0.2) is 17.2 Å². The van der Waals surface area contributed by atoms with Crippen molar-refractivity contribution in [1.82, 2.24) is 25.1 Å². The maximum absolute atomic E-state index is 10.8. The Kier molecular flexibility index (Phi) is 3.03. The van der Waals surface area contributed by atoms with Gasteiger partial charge >= 0.3 is 5.69 Å². The van der Waals surface area contributed by atoms with E-state index in [9.17, 15) is 4.79 Å². The highest BCUT2D eigenvalue weighted by atomic mass is 16.1. The maximum Gasteiger partial charge on any atom is 0.340 e. The van der Waals surface area contributed by atoms with Gasteiger partial charge in [-0.3, -0.25) is 4.98 Å². The van der Waals surface area contributed by atoms with Crippen molar-refractivity contribution < 1.29 is 0 Å². The Morgan fingerprint density at radius 3 is 2.88 bits per heavy atom. The molecule has 3 N–H and O–H groups in total. The Labute approximate surface area is 97.1 Å². The predicted molar refractivity (Wildman–Crippen MR) is 62.9 cm³/mol. The molecule has 0 radical (unpaired) electrons. The van der Waals surface area contributed by atoms with E-state index in [1.807, 2.05) is 25.1 Å². The van der Waals surface area contributed by atoms with Gasteiger partial charge in [0.05, 0.1) is 6.54 Å². The topological polar surface area (TPSA) is 103 Å². The van der Waals surface area contributed by atoms with E-state index in [-0.39, 0.29) is 5.69 Å². The van der Waals surface area contributed by atoms with Crippen LogP contribution in [0.5, 0.6) is 0 Å². The van der Waals surface area contributed by atoms with Gasteiger partial charge in [0.15, 0.2) is 0 Å². The third kappa shape index (κ3) is 2.80. The number of H-pyrrole nitrogens is 2. The highest BCUT2D eigenvalue weighted by molar-refractivity contribution is 5.47. The molecular formula is C9H13N7O. The fourth-order valence-electron chi connectivity index (χ4n) is 1.25. The van der Waals surface area contributed by atoms with Gasteiger partial charge in [-0.2, -0.15) is 5.10 Å². The monoisotopic (exact) mass is 235 g/mol. The minimum atomic E-state index is -0.321. The van der Waals surface area contributed by atoms with Gasteiger partial charge in [0.2, 0.25) is 0 Å². The van der Waals surface area contributed by atoms with E-state index >= 15 is 0 Å². The van der Waals surface area contributed by atoms with Gasteiger partial charge in [-0.25, -0.2) is 19.9 Å². The number of aromatic nitrogens is 5. The van der Waals surface area contributed by atoms with Crippen molar-refractivity contribution in [3.05, 3.63) is 28.7 Å². The average Bonchev–Trinajstić information content (AvgIpc) is 2.73. The van der Waals surface area contributed by atoms with Crippen LogP contribution in [0.25, 0.3) is 0 Å². The van der Waals surface area contributed by atoms with Crippen LogP contribution in [0.3, 0.4) is 0 Å². The Bertz CT molecular complexity index is 544. The molecule has 0 unspecified atom stereocenters. The highest BCUT2D eigenvalue weighted by Gasteiger charge is 2.02. The lowest BCUT2D eigenvalue weighted by Crippen LogP contribution is -2.12. The van der Waals surface area contributed by atoms with Gasteiger partial charge in [0, 0.05) is 20.2 Å². The van der Waals surface area contributed by atoms with Crippen LogP contribution in [0.1, 0.15) is 5.82 Å². The largest absolute Gasteiger partial charge is 0.363 e. The molecule has 0 aliphatic rings. The van der Waals surface area contributed by atoms with Gasteiger partial charge < -0.3 is 10.2 Å². The van der Waals surface area contributed by atoms with Crippen LogP contribution in [0.2, 0.25) is 0 Å². The molecule has 2 aromatic rings. The van der Waals surface area contributed by atoms with Gasteiger partial charge in [0.1, 0.15) is 23.8 Å². The summed E-state index contributed by atoms with van der Waals surface area (Å²) in [7, 11) is 3.80. The summed E-state index contributed by atoms with van der Waals surface area (Å²) < 4.78 is 0. The van der Waals surface area contributed by atoms with Crippen molar-refractivity contribution >= 4 is 11.6 Å². The second-order valence-electron chi connectivity index (χ2n) is 3.63. The minimum Gasteiger partial charge on any atom is -0.363 e. The molecule has 0 aliphatic carbocycles. The second kappa shape index (κ2) is 4.64. The van der Waals surface area contributed by atoms with Crippen LogP contribution in [-0.2, 0) is 6.54 Å². The van der Waals surface area contributed by atoms with Crippen LogP contribution in [0, 0.1) is 0 Å². The molecule has 0 aromatic carbocycles. The molecule has 0 saturated carbocycles. The smallest absolute Gasteiger partial charge is 0.340 e. The van der Waals surface area contributed by atoms with Crippen molar-refractivity contribution in [1.29, 1.82) is 0 Å². The van der Waals surface area contributed by atoms with E-state index in [1.54, 1.807) is 0 Å². The molecule has 2 heterocycles. The first-order valence-corrected chi connectivity index (χ1v) is 5.02. The molecule has 0 atom stereocenters. The van der Waals surface area contributed by atoms with Crippen molar-refractivity contribution in [3.8, 4) is 0 Å². The average molecular weight is 235 g/mol. The van der Waals surface area contributed by atoms with Crippen molar-refractivity contribution in [2.75, 3.05) is 24.3 Å². The van der Waals surface area contributed by atoms with Gasteiger partial charge in [-0.05, 0) is 0 Å². The van der Waals surface area contributed by atoms with E-state index in [4.69, 9.17) is 0 Å².